The Balaban J connectivity index is 2.12. The molecule has 1 N–H and O–H groups in total. The van der Waals surface area contributed by atoms with Gasteiger partial charge in [-0.05, 0) is 25.5 Å². The average Bonchev–Trinajstić information content (AvgIpc) is 2.47. The van der Waals surface area contributed by atoms with Crippen LogP contribution in [0.25, 0.3) is 10.9 Å². The average molecular weight is 273 g/mol. The second kappa shape index (κ2) is 7.68. The van der Waals surface area contributed by atoms with E-state index in [-0.39, 0.29) is 0 Å². The Morgan fingerprint density at radius 3 is 2.70 bits per heavy atom. The molecule has 4 heteroatoms. The van der Waals surface area contributed by atoms with Gasteiger partial charge in [0.05, 0.1) is 17.5 Å². The highest BCUT2D eigenvalue weighted by atomic mass is 16.5. The molecule has 4 nitrogen and oxygen atoms in total. The van der Waals surface area contributed by atoms with Crippen molar-refractivity contribution in [2.24, 2.45) is 0 Å². The Morgan fingerprint density at radius 2 is 1.90 bits per heavy atom. The van der Waals surface area contributed by atoms with Gasteiger partial charge in [-0.2, -0.15) is 4.98 Å². The molecule has 0 spiro atoms. The zero-order chi connectivity index (χ0) is 14.2. The van der Waals surface area contributed by atoms with Crippen LogP contribution < -0.4 is 10.1 Å². The lowest BCUT2D eigenvalue weighted by molar-refractivity contribution is 0.297. The van der Waals surface area contributed by atoms with Gasteiger partial charge in [0.2, 0.25) is 11.8 Å². The van der Waals surface area contributed by atoms with Crippen molar-refractivity contribution in [3.63, 3.8) is 0 Å². The normalized spacial score (nSPS) is 10.7. The molecule has 0 fully saturated rings. The molecule has 20 heavy (non-hydrogen) atoms. The number of benzene rings is 1. The summed E-state index contributed by atoms with van der Waals surface area (Å²) in [4.78, 5) is 8.95. The van der Waals surface area contributed by atoms with Gasteiger partial charge in [0.1, 0.15) is 0 Å². The van der Waals surface area contributed by atoms with Crippen LogP contribution in [-0.4, -0.2) is 23.1 Å². The Kier molecular flexibility index (Phi) is 5.59. The van der Waals surface area contributed by atoms with E-state index in [9.17, 15) is 0 Å². The fourth-order valence-corrected chi connectivity index (χ4v) is 2.09. The second-order valence-corrected chi connectivity index (χ2v) is 4.81. The zero-order valence-electron chi connectivity index (χ0n) is 12.4. The molecule has 0 atom stereocenters. The number of nitrogens with one attached hydrogen (secondary N) is 1. The lowest BCUT2D eigenvalue weighted by Gasteiger charge is -2.10. The Hall–Kier alpha value is -1.84. The second-order valence-electron chi connectivity index (χ2n) is 4.81. The van der Waals surface area contributed by atoms with Gasteiger partial charge in [-0.3, -0.25) is 0 Å². The minimum atomic E-state index is 0.634. The molecule has 1 aromatic heterocycles. The summed E-state index contributed by atoms with van der Waals surface area (Å²) in [5, 5.41) is 4.13. The lowest BCUT2D eigenvalue weighted by Crippen LogP contribution is -2.06. The SMILES string of the molecule is CCCCCCOc1nc(NCC)nc2ccccc12. The van der Waals surface area contributed by atoms with Crippen molar-refractivity contribution in [1.29, 1.82) is 0 Å². The van der Waals surface area contributed by atoms with Crippen LogP contribution in [0.4, 0.5) is 5.95 Å². The molecule has 0 amide bonds. The Bertz CT molecular complexity index is 542. The Labute approximate surface area is 120 Å². The number of rotatable bonds is 8. The van der Waals surface area contributed by atoms with E-state index in [1.54, 1.807) is 0 Å². The van der Waals surface area contributed by atoms with Gasteiger partial charge in [-0.15, -0.1) is 0 Å². The largest absolute Gasteiger partial charge is 0.477 e. The van der Waals surface area contributed by atoms with Gasteiger partial charge in [0.25, 0.3) is 0 Å². The maximum absolute atomic E-state index is 5.86. The number of ether oxygens (including phenoxy) is 1. The third-order valence-corrected chi connectivity index (χ3v) is 3.14. The van der Waals surface area contributed by atoms with Crippen LogP contribution in [0.3, 0.4) is 0 Å². The summed E-state index contributed by atoms with van der Waals surface area (Å²) < 4.78 is 5.86. The summed E-state index contributed by atoms with van der Waals surface area (Å²) in [5.74, 6) is 1.32. The van der Waals surface area contributed by atoms with Crippen molar-refractivity contribution < 1.29 is 4.74 Å². The number of hydrogen-bond donors (Lipinski definition) is 1. The molecular weight excluding hydrogens is 250 g/mol. The maximum atomic E-state index is 5.86. The van der Waals surface area contributed by atoms with Crippen molar-refractivity contribution >= 4 is 16.9 Å². The van der Waals surface area contributed by atoms with E-state index >= 15 is 0 Å². The summed E-state index contributed by atoms with van der Waals surface area (Å²) in [7, 11) is 0. The van der Waals surface area contributed by atoms with Gasteiger partial charge in [-0.1, -0.05) is 38.3 Å². The van der Waals surface area contributed by atoms with Gasteiger partial charge in [0.15, 0.2) is 0 Å². The van der Waals surface area contributed by atoms with Gasteiger partial charge in [0, 0.05) is 6.54 Å². The van der Waals surface area contributed by atoms with Crippen molar-refractivity contribution in [2.75, 3.05) is 18.5 Å². The fraction of sp³-hybridized carbons (Fsp3) is 0.500. The minimum absolute atomic E-state index is 0.634. The monoisotopic (exact) mass is 273 g/mol. The van der Waals surface area contributed by atoms with Crippen LogP contribution in [0, 0.1) is 0 Å². The third-order valence-electron chi connectivity index (χ3n) is 3.14. The zero-order valence-corrected chi connectivity index (χ0v) is 12.4. The molecule has 0 saturated heterocycles. The number of unbranched alkanes of at least 4 members (excludes halogenated alkanes) is 3. The smallest absolute Gasteiger partial charge is 0.226 e. The van der Waals surface area contributed by atoms with Crippen LogP contribution in [0.2, 0.25) is 0 Å². The molecule has 0 aliphatic carbocycles. The first-order valence-corrected chi connectivity index (χ1v) is 7.48. The van der Waals surface area contributed by atoms with Crippen LogP contribution in [0.15, 0.2) is 24.3 Å². The molecule has 0 saturated carbocycles. The number of aromatic nitrogens is 2. The van der Waals surface area contributed by atoms with E-state index < -0.39 is 0 Å². The van der Waals surface area contributed by atoms with Crippen molar-refractivity contribution in [3.8, 4) is 5.88 Å². The van der Waals surface area contributed by atoms with Gasteiger partial charge >= 0.3 is 0 Å². The number of nitrogens with zero attached hydrogens (tertiary/aromatic N) is 2. The lowest BCUT2D eigenvalue weighted by atomic mass is 10.2. The summed E-state index contributed by atoms with van der Waals surface area (Å²) in [6, 6.07) is 7.97. The predicted octanol–water partition coefficient (Wildman–Crippen LogP) is 4.02. The van der Waals surface area contributed by atoms with E-state index in [0.717, 1.165) is 23.9 Å². The molecule has 1 heterocycles. The predicted molar refractivity (Wildman–Crippen MR) is 83.3 cm³/mol. The summed E-state index contributed by atoms with van der Waals surface area (Å²) in [6.07, 6.45) is 4.78. The fourth-order valence-electron chi connectivity index (χ4n) is 2.09. The highest BCUT2D eigenvalue weighted by molar-refractivity contribution is 5.84. The van der Waals surface area contributed by atoms with Gasteiger partial charge < -0.3 is 10.1 Å². The van der Waals surface area contributed by atoms with Gasteiger partial charge in [-0.25, -0.2) is 4.98 Å². The molecule has 0 radical (unpaired) electrons. The number of fused-ring (bicyclic) bond motifs is 1. The van der Waals surface area contributed by atoms with E-state index in [0.29, 0.717) is 18.4 Å². The number of hydrogen-bond acceptors (Lipinski definition) is 4. The van der Waals surface area contributed by atoms with E-state index in [1.807, 2.05) is 31.2 Å². The summed E-state index contributed by atoms with van der Waals surface area (Å²) in [6.45, 7) is 5.76. The Morgan fingerprint density at radius 1 is 1.05 bits per heavy atom. The van der Waals surface area contributed by atoms with Crippen molar-refractivity contribution in [2.45, 2.75) is 39.5 Å². The molecule has 0 unspecified atom stereocenters. The molecular formula is C16H23N3O. The van der Waals surface area contributed by atoms with E-state index in [4.69, 9.17) is 4.74 Å². The van der Waals surface area contributed by atoms with Crippen LogP contribution in [0.5, 0.6) is 5.88 Å². The third kappa shape index (κ3) is 3.83. The first kappa shape index (κ1) is 14.6. The quantitative estimate of drug-likeness (QED) is 0.738. The summed E-state index contributed by atoms with van der Waals surface area (Å²) in [5.41, 5.74) is 0.919. The maximum Gasteiger partial charge on any atom is 0.226 e. The summed E-state index contributed by atoms with van der Waals surface area (Å²) >= 11 is 0. The molecule has 1 aromatic carbocycles. The molecule has 108 valence electrons. The number of anilines is 1. The molecule has 0 aliphatic rings. The van der Waals surface area contributed by atoms with Crippen molar-refractivity contribution in [3.05, 3.63) is 24.3 Å². The van der Waals surface area contributed by atoms with Crippen LogP contribution >= 0.6 is 0 Å². The van der Waals surface area contributed by atoms with Crippen molar-refractivity contribution in [1.82, 2.24) is 9.97 Å². The van der Waals surface area contributed by atoms with E-state index in [2.05, 4.69) is 22.2 Å². The first-order chi connectivity index (χ1) is 9.85. The molecule has 2 aromatic rings. The topological polar surface area (TPSA) is 47.0 Å². The number of para-hydroxylation sites is 1. The van der Waals surface area contributed by atoms with E-state index in [1.165, 1.54) is 19.3 Å². The first-order valence-electron chi connectivity index (χ1n) is 7.48. The van der Waals surface area contributed by atoms with Crippen LogP contribution in [0.1, 0.15) is 39.5 Å². The standard InChI is InChI=1S/C16H23N3O/c1-3-5-6-9-12-20-15-13-10-7-8-11-14(13)18-16(19-15)17-4-2/h7-8,10-11H,3-6,9,12H2,1-2H3,(H,17,18,19). The molecule has 0 bridgehead atoms. The molecule has 2 rings (SSSR count). The highest BCUT2D eigenvalue weighted by Gasteiger charge is 2.07. The molecule has 0 aliphatic heterocycles. The van der Waals surface area contributed by atoms with Crippen LogP contribution in [-0.2, 0) is 0 Å². The highest BCUT2D eigenvalue weighted by Crippen LogP contribution is 2.24. The minimum Gasteiger partial charge on any atom is -0.477 e.